The minimum Gasteiger partial charge on any atom is -0.493 e. The first-order chi connectivity index (χ1) is 21.0. The first kappa shape index (κ1) is 32.3. The lowest BCUT2D eigenvalue weighted by Crippen LogP contribution is -2.71. The molecule has 0 aromatic heterocycles. The van der Waals surface area contributed by atoms with E-state index in [1.807, 2.05) is 6.92 Å². The molecule has 2 saturated heterocycles. The second-order valence-corrected chi connectivity index (χ2v) is 12.6. The van der Waals surface area contributed by atoms with Crippen LogP contribution in [0, 0.1) is 0 Å². The van der Waals surface area contributed by atoms with E-state index in [1.165, 1.54) is 16.7 Å². The fourth-order valence-electron chi connectivity index (χ4n) is 5.11. The van der Waals surface area contributed by atoms with Gasteiger partial charge in [0.1, 0.15) is 35.5 Å². The van der Waals surface area contributed by atoms with Gasteiger partial charge in [0, 0.05) is 10.3 Å². The van der Waals surface area contributed by atoms with Crippen molar-refractivity contribution in [3.8, 4) is 5.75 Å². The molecule has 2 aromatic rings. The van der Waals surface area contributed by atoms with E-state index in [4.69, 9.17) is 4.74 Å². The Morgan fingerprint density at radius 1 is 1.18 bits per heavy atom. The molecule has 2 heterocycles. The molecule has 12 nitrogen and oxygen atoms in total. The molecule has 13 heteroatoms. The number of rotatable bonds is 13. The number of allylic oxidation sites excluding steroid dienone is 1. The predicted octanol–water partition coefficient (Wildman–Crippen LogP) is 2.41. The molecular formula is C31H35N5O7S. The molecule has 4 N–H and O–H groups in total. The molecule has 4 rings (SSSR count). The Morgan fingerprint density at radius 3 is 2.57 bits per heavy atom. The van der Waals surface area contributed by atoms with Gasteiger partial charge < -0.3 is 25.4 Å². The van der Waals surface area contributed by atoms with Gasteiger partial charge in [-0.15, -0.1) is 18.3 Å². The van der Waals surface area contributed by atoms with Crippen molar-refractivity contribution < 1.29 is 33.8 Å². The Morgan fingerprint density at radius 2 is 1.91 bits per heavy atom. The van der Waals surface area contributed by atoms with Gasteiger partial charge in [0.2, 0.25) is 11.8 Å². The number of nitrogens with one attached hydrogen (secondary N) is 3. The van der Waals surface area contributed by atoms with E-state index < -0.39 is 57.8 Å². The maximum absolute atomic E-state index is 13.4. The molecule has 0 saturated carbocycles. The summed E-state index contributed by atoms with van der Waals surface area (Å²) in [5.74, 6) is -2.93. The third-order valence-corrected chi connectivity index (χ3v) is 8.72. The number of hydrogen-bond acceptors (Lipinski definition) is 8. The lowest BCUT2D eigenvalue weighted by Gasteiger charge is -2.44. The number of hydrogen-bond donors (Lipinski definition) is 4. The highest BCUT2D eigenvalue weighted by Crippen LogP contribution is 2.50. The predicted molar refractivity (Wildman–Crippen MR) is 165 cm³/mol. The number of benzene rings is 2. The van der Waals surface area contributed by atoms with Crippen molar-refractivity contribution in [1.29, 1.82) is 0 Å². The van der Waals surface area contributed by atoms with Gasteiger partial charge in [-0.2, -0.15) is 5.10 Å². The lowest BCUT2D eigenvalue weighted by molar-refractivity contribution is -0.161. The number of carboxylic acid groups (broad SMARTS) is 1. The van der Waals surface area contributed by atoms with Crippen LogP contribution in [-0.2, 0) is 25.6 Å². The van der Waals surface area contributed by atoms with Gasteiger partial charge in [-0.3, -0.25) is 19.2 Å². The Labute approximate surface area is 259 Å². The summed E-state index contributed by atoms with van der Waals surface area (Å²) in [5.41, 5.74) is 3.85. The second-order valence-electron chi connectivity index (χ2n) is 10.8. The van der Waals surface area contributed by atoms with Gasteiger partial charge in [-0.05, 0) is 56.0 Å². The zero-order valence-electron chi connectivity index (χ0n) is 24.6. The number of amides is 4. The summed E-state index contributed by atoms with van der Waals surface area (Å²) < 4.78 is 4.97. The van der Waals surface area contributed by atoms with Crippen LogP contribution in [0.1, 0.15) is 54.7 Å². The molecule has 232 valence electrons. The Bertz CT molecular complexity index is 1480. The number of nitrogens with zero attached hydrogens (tertiary/aromatic N) is 2. The standard InChI is InChI=1S/C31H35N5O7S/c1-5-10-19-16-20(13-14-21(19)43-15-6-2)26(38)35-32-17-22(37)33-23(18-11-8-7-9-12-18)27(39)34-24-28(40)36-25(30(41)42)31(3,4)44-29(24)36/h5,7-9,11-14,16-17,23-25,29H,1,6,10,15H2,2-4H3,(H,33,37)(H,34,39)(H,35,38)(H,41,42)/b32-17+/t23?,24-,25+,29-/m1/s1. The molecule has 1 unspecified atom stereocenters. The molecule has 2 fully saturated rings. The van der Waals surface area contributed by atoms with Crippen LogP contribution < -0.4 is 20.8 Å². The number of aliphatic carboxylic acids is 1. The lowest BCUT2D eigenvalue weighted by atomic mass is 9.95. The van der Waals surface area contributed by atoms with Gasteiger partial charge >= 0.3 is 5.97 Å². The smallest absolute Gasteiger partial charge is 0.327 e. The van der Waals surface area contributed by atoms with Gasteiger partial charge in [-0.1, -0.05) is 43.3 Å². The van der Waals surface area contributed by atoms with Crippen LogP contribution in [0.25, 0.3) is 0 Å². The van der Waals surface area contributed by atoms with Crippen LogP contribution >= 0.6 is 11.8 Å². The quantitative estimate of drug-likeness (QED) is 0.115. The van der Waals surface area contributed by atoms with E-state index in [2.05, 4.69) is 27.7 Å². The van der Waals surface area contributed by atoms with Crippen LogP contribution in [0.2, 0.25) is 0 Å². The number of fused-ring (bicyclic) bond motifs is 1. The molecule has 0 aliphatic carbocycles. The van der Waals surface area contributed by atoms with E-state index in [0.29, 0.717) is 29.9 Å². The molecule has 4 atom stereocenters. The summed E-state index contributed by atoms with van der Waals surface area (Å²) in [6.45, 7) is 9.75. The molecule has 44 heavy (non-hydrogen) atoms. The average molecular weight is 622 g/mol. The van der Waals surface area contributed by atoms with Gasteiger partial charge in [0.05, 0.1) is 6.61 Å². The molecule has 2 aliphatic heterocycles. The summed E-state index contributed by atoms with van der Waals surface area (Å²) in [6.07, 6.45) is 3.88. The SMILES string of the molecule is C=CCc1cc(C(=O)N/N=C/C(=O)NC(C(=O)N[C@@H]2C(=O)N3[C@@H]2SC(C)(C)[C@@H]3C(=O)O)c2ccccc2)ccc1OCCC. The molecule has 0 spiro atoms. The fraction of sp³-hybridized carbons (Fsp3) is 0.355. The van der Waals surface area contributed by atoms with Crippen molar-refractivity contribution in [2.75, 3.05) is 6.61 Å². The monoisotopic (exact) mass is 621 g/mol. The maximum Gasteiger partial charge on any atom is 0.327 e. The molecule has 2 aromatic carbocycles. The number of hydrazone groups is 1. The van der Waals surface area contributed by atoms with Crippen LogP contribution in [0.15, 0.2) is 66.3 Å². The third-order valence-electron chi connectivity index (χ3n) is 7.15. The first-order valence-electron chi connectivity index (χ1n) is 14.1. The maximum atomic E-state index is 13.4. The largest absolute Gasteiger partial charge is 0.493 e. The summed E-state index contributed by atoms with van der Waals surface area (Å²) in [7, 11) is 0. The normalized spacial score (nSPS) is 20.7. The summed E-state index contributed by atoms with van der Waals surface area (Å²) in [5, 5.41) is 18.1. The van der Waals surface area contributed by atoms with E-state index in [9.17, 15) is 29.1 Å². The Kier molecular flexibility index (Phi) is 10.1. The number of carbonyl (C=O) groups excluding carboxylic acids is 4. The van der Waals surface area contributed by atoms with Gasteiger partial charge in [0.25, 0.3) is 11.8 Å². The van der Waals surface area contributed by atoms with E-state index in [1.54, 1.807) is 68.5 Å². The molecule has 0 bridgehead atoms. The minimum absolute atomic E-state index is 0.308. The van der Waals surface area contributed by atoms with Crippen molar-refractivity contribution in [3.63, 3.8) is 0 Å². The Balaban J connectivity index is 1.41. The number of thioether (sulfide) groups is 1. The average Bonchev–Trinajstić information content (AvgIpc) is 3.26. The number of carboxylic acids is 1. The van der Waals surface area contributed by atoms with Crippen LogP contribution in [0.5, 0.6) is 5.75 Å². The van der Waals surface area contributed by atoms with Crippen LogP contribution in [-0.4, -0.2) is 74.6 Å². The summed E-state index contributed by atoms with van der Waals surface area (Å²) in [6, 6.07) is 10.2. The highest BCUT2D eigenvalue weighted by Gasteiger charge is 2.64. The number of carbonyl (C=O) groups is 5. The number of β-lactam (4-membered cyclic amide) rings is 1. The number of ether oxygens (including phenoxy) is 1. The van der Waals surface area contributed by atoms with E-state index in [0.717, 1.165) is 18.2 Å². The molecule has 2 aliphatic rings. The molecule has 0 radical (unpaired) electrons. The highest BCUT2D eigenvalue weighted by molar-refractivity contribution is 8.01. The summed E-state index contributed by atoms with van der Waals surface area (Å²) in [4.78, 5) is 64.8. The Hall–Kier alpha value is -4.65. The van der Waals surface area contributed by atoms with Crippen molar-refractivity contribution in [2.24, 2.45) is 5.10 Å². The van der Waals surface area contributed by atoms with Crippen molar-refractivity contribution in [3.05, 3.63) is 77.9 Å². The topological polar surface area (TPSA) is 166 Å². The van der Waals surface area contributed by atoms with Crippen molar-refractivity contribution in [2.45, 2.75) is 61.9 Å². The van der Waals surface area contributed by atoms with Crippen LogP contribution in [0.4, 0.5) is 0 Å². The van der Waals surface area contributed by atoms with Crippen molar-refractivity contribution >= 4 is 47.6 Å². The first-order valence-corrected chi connectivity index (χ1v) is 14.9. The molecule has 4 amide bonds. The molecular weight excluding hydrogens is 586 g/mol. The second kappa shape index (κ2) is 13.8. The summed E-state index contributed by atoms with van der Waals surface area (Å²) >= 11 is 1.30. The van der Waals surface area contributed by atoms with E-state index >= 15 is 0 Å². The van der Waals surface area contributed by atoms with Crippen molar-refractivity contribution in [1.82, 2.24) is 21.0 Å². The zero-order valence-corrected chi connectivity index (χ0v) is 25.4. The highest BCUT2D eigenvalue weighted by atomic mass is 32.2. The van der Waals surface area contributed by atoms with Crippen LogP contribution in [0.3, 0.4) is 0 Å². The fourth-order valence-corrected chi connectivity index (χ4v) is 6.74. The third kappa shape index (κ3) is 6.94. The zero-order chi connectivity index (χ0) is 32.0. The van der Waals surface area contributed by atoms with E-state index in [-0.39, 0.29) is 0 Å². The van der Waals surface area contributed by atoms with Gasteiger partial charge in [0.15, 0.2) is 0 Å². The van der Waals surface area contributed by atoms with Gasteiger partial charge in [-0.25, -0.2) is 10.2 Å². The minimum atomic E-state index is -1.19.